The smallest absolute Gasteiger partial charge is 0.407 e. The van der Waals surface area contributed by atoms with Crippen LogP contribution < -0.4 is 5.32 Å². The molecule has 1 heterocycles. The van der Waals surface area contributed by atoms with Crippen LogP contribution in [0.5, 0.6) is 0 Å². The Morgan fingerprint density at radius 1 is 1.03 bits per heavy atom. The number of carbonyl (C=O) groups is 3. The Morgan fingerprint density at radius 2 is 1.62 bits per heavy atom. The lowest BCUT2D eigenvalue weighted by molar-refractivity contribution is -0.142. The lowest BCUT2D eigenvalue weighted by Gasteiger charge is -2.41. The molecule has 0 bridgehead atoms. The molecule has 0 aromatic heterocycles. The number of amides is 2. The van der Waals surface area contributed by atoms with Crippen LogP contribution in [0.25, 0.3) is 11.1 Å². The third kappa shape index (κ3) is 5.08. The molecule has 0 radical (unpaired) electrons. The molecule has 1 fully saturated rings. The van der Waals surface area contributed by atoms with Gasteiger partial charge in [-0.25, -0.2) is 4.79 Å². The van der Waals surface area contributed by atoms with Crippen molar-refractivity contribution in [2.24, 2.45) is 11.8 Å². The average molecular weight is 465 g/mol. The number of carboxylic acid groups (broad SMARTS) is 1. The number of ether oxygens (including phenoxy) is 1. The Hall–Kier alpha value is -3.35. The van der Waals surface area contributed by atoms with Gasteiger partial charge in [-0.3, -0.25) is 9.59 Å². The highest BCUT2D eigenvalue weighted by Gasteiger charge is 2.36. The molecular formula is C27H32N2O5. The van der Waals surface area contributed by atoms with Gasteiger partial charge in [0.2, 0.25) is 5.91 Å². The van der Waals surface area contributed by atoms with Crippen LogP contribution in [-0.2, 0) is 14.3 Å². The van der Waals surface area contributed by atoms with E-state index in [1.807, 2.05) is 38.1 Å². The second kappa shape index (κ2) is 10.3. The first kappa shape index (κ1) is 23.8. The van der Waals surface area contributed by atoms with Gasteiger partial charge in [0.25, 0.3) is 0 Å². The van der Waals surface area contributed by atoms with Crippen molar-refractivity contribution in [3.8, 4) is 11.1 Å². The van der Waals surface area contributed by atoms with Crippen molar-refractivity contribution in [2.45, 2.75) is 45.1 Å². The van der Waals surface area contributed by atoms with Crippen LogP contribution in [0.2, 0.25) is 0 Å². The van der Waals surface area contributed by atoms with Crippen molar-refractivity contribution in [3.05, 3.63) is 59.7 Å². The number of aliphatic carboxylic acids is 1. The molecule has 1 atom stereocenters. The van der Waals surface area contributed by atoms with Gasteiger partial charge in [-0.05, 0) is 46.9 Å². The van der Waals surface area contributed by atoms with Crippen molar-refractivity contribution in [3.63, 3.8) is 0 Å². The SMILES string of the molecule is CC(C)[C@@H](NC(=O)OCC1c2ccccc2-c2ccccc21)C(=O)N1CC(CCCC(=O)O)C1. The third-order valence-corrected chi connectivity index (χ3v) is 6.82. The van der Waals surface area contributed by atoms with Crippen LogP contribution in [0.1, 0.15) is 50.2 Å². The number of likely N-dealkylation sites (tertiary alicyclic amines) is 1. The number of benzene rings is 2. The number of fused-ring (bicyclic) bond motifs is 3. The zero-order chi connectivity index (χ0) is 24.2. The molecule has 4 rings (SSSR count). The average Bonchev–Trinajstić information content (AvgIpc) is 3.10. The molecule has 1 saturated heterocycles. The number of nitrogens with one attached hydrogen (secondary N) is 1. The van der Waals surface area contributed by atoms with Crippen molar-refractivity contribution in [1.29, 1.82) is 0 Å². The molecule has 1 aliphatic carbocycles. The number of rotatable bonds is 9. The van der Waals surface area contributed by atoms with E-state index in [-0.39, 0.29) is 30.8 Å². The maximum atomic E-state index is 13.0. The minimum Gasteiger partial charge on any atom is -0.481 e. The third-order valence-electron chi connectivity index (χ3n) is 6.82. The lowest BCUT2D eigenvalue weighted by atomic mass is 9.91. The minimum atomic E-state index is -0.792. The van der Waals surface area contributed by atoms with Gasteiger partial charge in [0, 0.05) is 25.4 Å². The molecule has 1 aliphatic heterocycles. The van der Waals surface area contributed by atoms with Gasteiger partial charge >= 0.3 is 12.1 Å². The van der Waals surface area contributed by atoms with Gasteiger partial charge in [-0.1, -0.05) is 62.4 Å². The number of alkyl carbamates (subject to hydrolysis) is 1. The van der Waals surface area contributed by atoms with Gasteiger partial charge in [0.1, 0.15) is 12.6 Å². The van der Waals surface area contributed by atoms with Gasteiger partial charge < -0.3 is 20.1 Å². The summed E-state index contributed by atoms with van der Waals surface area (Å²) in [5, 5.41) is 11.5. The van der Waals surface area contributed by atoms with Crippen LogP contribution >= 0.6 is 0 Å². The van der Waals surface area contributed by atoms with E-state index in [0.717, 1.165) is 28.7 Å². The summed E-state index contributed by atoms with van der Waals surface area (Å²) >= 11 is 0. The number of nitrogens with zero attached hydrogens (tertiary/aromatic N) is 1. The lowest BCUT2D eigenvalue weighted by Crippen LogP contribution is -2.58. The molecule has 34 heavy (non-hydrogen) atoms. The molecule has 2 aliphatic rings. The van der Waals surface area contributed by atoms with E-state index in [0.29, 0.717) is 25.4 Å². The van der Waals surface area contributed by atoms with E-state index < -0.39 is 18.1 Å². The predicted octanol–water partition coefficient (Wildman–Crippen LogP) is 4.26. The first-order valence-corrected chi connectivity index (χ1v) is 12.0. The summed E-state index contributed by atoms with van der Waals surface area (Å²) in [5.74, 6) is -0.699. The van der Waals surface area contributed by atoms with Crippen LogP contribution in [-0.4, -0.2) is 53.7 Å². The monoisotopic (exact) mass is 464 g/mol. The van der Waals surface area contributed by atoms with E-state index in [1.54, 1.807) is 4.90 Å². The minimum absolute atomic E-state index is 0.0340. The normalized spacial score (nSPS) is 15.9. The number of carbonyl (C=O) groups excluding carboxylic acids is 2. The fourth-order valence-corrected chi connectivity index (χ4v) is 4.95. The van der Waals surface area contributed by atoms with Gasteiger partial charge in [-0.2, -0.15) is 0 Å². The first-order valence-electron chi connectivity index (χ1n) is 12.0. The highest BCUT2D eigenvalue weighted by atomic mass is 16.5. The Balaban J connectivity index is 1.31. The second-order valence-electron chi connectivity index (χ2n) is 9.59. The summed E-state index contributed by atoms with van der Waals surface area (Å²) < 4.78 is 5.62. The zero-order valence-corrected chi connectivity index (χ0v) is 19.7. The van der Waals surface area contributed by atoms with Crippen LogP contribution in [0, 0.1) is 11.8 Å². The molecule has 0 saturated carbocycles. The summed E-state index contributed by atoms with van der Waals surface area (Å²) in [4.78, 5) is 38.1. The molecular weight excluding hydrogens is 432 g/mol. The fourth-order valence-electron chi connectivity index (χ4n) is 4.95. The number of hydrogen-bond acceptors (Lipinski definition) is 4. The molecule has 0 unspecified atom stereocenters. The molecule has 2 aromatic rings. The molecule has 180 valence electrons. The maximum absolute atomic E-state index is 13.0. The Morgan fingerprint density at radius 3 is 2.18 bits per heavy atom. The highest BCUT2D eigenvalue weighted by molar-refractivity contribution is 5.86. The number of carboxylic acids is 1. The van der Waals surface area contributed by atoms with Crippen LogP contribution in [0.15, 0.2) is 48.5 Å². The topological polar surface area (TPSA) is 95.9 Å². The second-order valence-corrected chi connectivity index (χ2v) is 9.59. The maximum Gasteiger partial charge on any atom is 0.407 e. The largest absolute Gasteiger partial charge is 0.481 e. The summed E-state index contributed by atoms with van der Waals surface area (Å²) in [6.45, 7) is 5.21. The van der Waals surface area contributed by atoms with Gasteiger partial charge in [0.05, 0.1) is 0 Å². The van der Waals surface area contributed by atoms with Crippen molar-refractivity contribution >= 4 is 18.0 Å². The zero-order valence-electron chi connectivity index (χ0n) is 19.7. The summed E-state index contributed by atoms with van der Waals surface area (Å²) in [7, 11) is 0. The quantitative estimate of drug-likeness (QED) is 0.578. The summed E-state index contributed by atoms with van der Waals surface area (Å²) in [6.07, 6.45) is 0.977. The van der Waals surface area contributed by atoms with Gasteiger partial charge in [0.15, 0.2) is 0 Å². The molecule has 2 N–H and O–H groups in total. The highest BCUT2D eigenvalue weighted by Crippen LogP contribution is 2.44. The number of hydrogen-bond donors (Lipinski definition) is 2. The van der Waals surface area contributed by atoms with Crippen LogP contribution in [0.4, 0.5) is 4.79 Å². The molecule has 2 aromatic carbocycles. The van der Waals surface area contributed by atoms with E-state index in [9.17, 15) is 14.4 Å². The molecule has 2 amide bonds. The predicted molar refractivity (Wildman–Crippen MR) is 128 cm³/mol. The van der Waals surface area contributed by atoms with Gasteiger partial charge in [-0.15, -0.1) is 0 Å². The Labute approximate surface area is 200 Å². The molecule has 7 heteroatoms. The van der Waals surface area contributed by atoms with E-state index in [1.165, 1.54) is 0 Å². The molecule has 0 spiro atoms. The van der Waals surface area contributed by atoms with E-state index in [2.05, 4.69) is 29.6 Å². The fraction of sp³-hybridized carbons (Fsp3) is 0.444. The van der Waals surface area contributed by atoms with E-state index in [4.69, 9.17) is 9.84 Å². The first-order chi connectivity index (χ1) is 16.3. The summed E-state index contributed by atoms with van der Waals surface area (Å²) in [6, 6.07) is 15.7. The summed E-state index contributed by atoms with van der Waals surface area (Å²) in [5.41, 5.74) is 4.61. The Kier molecular flexibility index (Phi) is 7.20. The van der Waals surface area contributed by atoms with Crippen molar-refractivity contribution in [1.82, 2.24) is 10.2 Å². The van der Waals surface area contributed by atoms with Crippen molar-refractivity contribution < 1.29 is 24.2 Å². The Bertz CT molecular complexity index is 1010. The van der Waals surface area contributed by atoms with Crippen LogP contribution in [0.3, 0.4) is 0 Å². The standard InChI is InChI=1S/C27H32N2O5/c1-17(2)25(26(32)29-14-18(15-29)8-7-13-24(30)31)28-27(33)34-16-23-21-11-5-3-9-19(21)20-10-4-6-12-22(20)23/h3-6,9-12,17-18,23,25H,7-8,13-16H2,1-2H3,(H,28,33)(H,30,31)/t25-/m1/s1. The van der Waals surface area contributed by atoms with Crippen molar-refractivity contribution in [2.75, 3.05) is 19.7 Å². The van der Waals surface area contributed by atoms with E-state index >= 15 is 0 Å². The molecule has 7 nitrogen and oxygen atoms in total.